The van der Waals surface area contributed by atoms with Gasteiger partial charge in [0.05, 0.1) is 6.61 Å². The van der Waals surface area contributed by atoms with E-state index in [9.17, 15) is 0 Å². The smallest absolute Gasteiger partial charge is 0.0593 e. The molecule has 0 bridgehead atoms. The third-order valence-corrected chi connectivity index (χ3v) is 4.37. The fourth-order valence-corrected chi connectivity index (χ4v) is 3.05. The summed E-state index contributed by atoms with van der Waals surface area (Å²) in [6.45, 7) is 12.4. The quantitative estimate of drug-likeness (QED) is 0.674. The first kappa shape index (κ1) is 14.3. The minimum absolute atomic E-state index is 0.843. The average molecular weight is 255 g/mol. The zero-order valence-corrected chi connectivity index (χ0v) is 12.1. The topological polar surface area (TPSA) is 19.0 Å². The molecular weight excluding hydrogens is 226 g/mol. The Labute approximate surface area is 112 Å². The Bertz CT molecular complexity index is 221. The Balaban J connectivity index is 1.63. The molecule has 18 heavy (non-hydrogen) atoms. The van der Waals surface area contributed by atoms with Gasteiger partial charge in [-0.25, -0.2) is 0 Å². The van der Waals surface area contributed by atoms with Crippen molar-refractivity contribution in [2.24, 2.45) is 0 Å². The van der Waals surface area contributed by atoms with Crippen LogP contribution in [0.25, 0.3) is 0 Å². The molecule has 0 radical (unpaired) electrons. The molecule has 0 saturated carbocycles. The Kier molecular flexibility index (Phi) is 5.89. The summed E-state index contributed by atoms with van der Waals surface area (Å²) in [4.78, 5) is 7.71. The van der Waals surface area contributed by atoms with Crippen LogP contribution in [0.4, 0.5) is 0 Å². The first-order valence-electron chi connectivity index (χ1n) is 7.52. The van der Waals surface area contributed by atoms with Gasteiger partial charge in [0.1, 0.15) is 0 Å². The maximum atomic E-state index is 5.43. The Hall–Kier alpha value is -0.160. The second-order valence-corrected chi connectivity index (χ2v) is 5.61. The summed E-state index contributed by atoms with van der Waals surface area (Å²) in [6, 6.07) is 0.843. The summed E-state index contributed by atoms with van der Waals surface area (Å²) in [6.07, 6.45) is 2.71. The Morgan fingerprint density at radius 3 is 2.28 bits per heavy atom. The maximum absolute atomic E-state index is 5.43. The molecule has 2 aliphatic rings. The lowest BCUT2D eigenvalue weighted by Crippen LogP contribution is -2.53. The summed E-state index contributed by atoms with van der Waals surface area (Å²) in [5, 5.41) is 0. The van der Waals surface area contributed by atoms with Crippen LogP contribution in [0.1, 0.15) is 19.8 Å². The zero-order valence-electron chi connectivity index (χ0n) is 12.1. The standard InChI is InChI=1S/C14H29N3O/c1-3-18-13-12-16-8-10-17(11-9-16)14-4-6-15(2)7-5-14/h14H,3-13H2,1-2H3. The van der Waals surface area contributed by atoms with Crippen molar-refractivity contribution in [3.63, 3.8) is 0 Å². The van der Waals surface area contributed by atoms with Gasteiger partial charge in [-0.1, -0.05) is 0 Å². The van der Waals surface area contributed by atoms with Gasteiger partial charge in [-0.15, -0.1) is 0 Å². The highest BCUT2D eigenvalue weighted by Gasteiger charge is 2.26. The van der Waals surface area contributed by atoms with E-state index in [0.717, 1.165) is 25.8 Å². The normalized spacial score (nSPS) is 25.7. The summed E-state index contributed by atoms with van der Waals surface area (Å²) in [5.74, 6) is 0. The van der Waals surface area contributed by atoms with E-state index >= 15 is 0 Å². The van der Waals surface area contributed by atoms with Crippen LogP contribution in [0, 0.1) is 0 Å². The van der Waals surface area contributed by atoms with E-state index in [-0.39, 0.29) is 0 Å². The first-order valence-corrected chi connectivity index (χ1v) is 7.52. The zero-order chi connectivity index (χ0) is 12.8. The fraction of sp³-hybridized carbons (Fsp3) is 1.00. The monoisotopic (exact) mass is 255 g/mol. The molecule has 2 fully saturated rings. The Morgan fingerprint density at radius 2 is 1.67 bits per heavy atom. The van der Waals surface area contributed by atoms with Crippen molar-refractivity contribution in [1.82, 2.24) is 14.7 Å². The number of hydrogen-bond acceptors (Lipinski definition) is 4. The number of hydrogen-bond donors (Lipinski definition) is 0. The SMILES string of the molecule is CCOCCN1CCN(C2CCN(C)CC2)CC1. The van der Waals surface area contributed by atoms with Crippen molar-refractivity contribution in [2.45, 2.75) is 25.8 Å². The van der Waals surface area contributed by atoms with E-state index in [2.05, 4.69) is 28.7 Å². The molecule has 106 valence electrons. The highest BCUT2D eigenvalue weighted by Crippen LogP contribution is 2.17. The molecule has 2 saturated heterocycles. The lowest BCUT2D eigenvalue weighted by molar-refractivity contribution is 0.0472. The van der Waals surface area contributed by atoms with E-state index in [1.807, 2.05) is 0 Å². The van der Waals surface area contributed by atoms with E-state index in [1.54, 1.807) is 0 Å². The van der Waals surface area contributed by atoms with Crippen LogP contribution in [0.5, 0.6) is 0 Å². The molecule has 0 aromatic carbocycles. The van der Waals surface area contributed by atoms with Gasteiger partial charge in [0.25, 0.3) is 0 Å². The van der Waals surface area contributed by atoms with Crippen molar-refractivity contribution < 1.29 is 4.74 Å². The van der Waals surface area contributed by atoms with Gasteiger partial charge < -0.3 is 9.64 Å². The van der Waals surface area contributed by atoms with Crippen molar-refractivity contribution in [1.29, 1.82) is 0 Å². The largest absolute Gasteiger partial charge is 0.380 e. The van der Waals surface area contributed by atoms with Gasteiger partial charge in [0, 0.05) is 45.4 Å². The third-order valence-electron chi connectivity index (χ3n) is 4.37. The Morgan fingerprint density at radius 1 is 1.00 bits per heavy atom. The lowest BCUT2D eigenvalue weighted by atomic mass is 10.0. The molecule has 0 unspecified atom stereocenters. The van der Waals surface area contributed by atoms with E-state index < -0.39 is 0 Å². The van der Waals surface area contributed by atoms with Crippen molar-refractivity contribution >= 4 is 0 Å². The minimum Gasteiger partial charge on any atom is -0.380 e. The predicted molar refractivity (Wildman–Crippen MR) is 75.0 cm³/mol. The van der Waals surface area contributed by atoms with E-state index in [0.29, 0.717) is 0 Å². The van der Waals surface area contributed by atoms with Gasteiger partial charge in [-0.2, -0.15) is 0 Å². The molecular formula is C14H29N3O. The van der Waals surface area contributed by atoms with Gasteiger partial charge in [-0.3, -0.25) is 9.80 Å². The number of rotatable bonds is 5. The highest BCUT2D eigenvalue weighted by atomic mass is 16.5. The molecule has 2 aliphatic heterocycles. The summed E-state index contributed by atoms with van der Waals surface area (Å²) in [7, 11) is 2.24. The van der Waals surface area contributed by atoms with Gasteiger partial charge in [0.2, 0.25) is 0 Å². The number of ether oxygens (including phenoxy) is 1. The molecule has 4 nitrogen and oxygen atoms in total. The van der Waals surface area contributed by atoms with Crippen LogP contribution < -0.4 is 0 Å². The molecule has 0 aromatic heterocycles. The van der Waals surface area contributed by atoms with E-state index in [4.69, 9.17) is 4.74 Å². The van der Waals surface area contributed by atoms with Gasteiger partial charge in [0.15, 0.2) is 0 Å². The molecule has 0 spiro atoms. The van der Waals surface area contributed by atoms with Crippen molar-refractivity contribution in [2.75, 3.05) is 66.1 Å². The summed E-state index contributed by atoms with van der Waals surface area (Å²) >= 11 is 0. The molecule has 0 aromatic rings. The van der Waals surface area contributed by atoms with Gasteiger partial charge >= 0.3 is 0 Å². The number of piperazine rings is 1. The second kappa shape index (κ2) is 7.43. The molecule has 0 aliphatic carbocycles. The molecule has 2 rings (SSSR count). The van der Waals surface area contributed by atoms with Crippen molar-refractivity contribution in [3.8, 4) is 0 Å². The van der Waals surface area contributed by atoms with Crippen LogP contribution in [0.2, 0.25) is 0 Å². The molecule has 4 heteroatoms. The lowest BCUT2D eigenvalue weighted by Gasteiger charge is -2.42. The molecule has 2 heterocycles. The van der Waals surface area contributed by atoms with E-state index in [1.165, 1.54) is 52.1 Å². The minimum atomic E-state index is 0.843. The molecule has 0 amide bonds. The number of likely N-dealkylation sites (tertiary alicyclic amines) is 1. The van der Waals surface area contributed by atoms with Crippen LogP contribution in [0.15, 0.2) is 0 Å². The summed E-state index contributed by atoms with van der Waals surface area (Å²) in [5.41, 5.74) is 0. The van der Waals surface area contributed by atoms with Crippen LogP contribution in [0.3, 0.4) is 0 Å². The average Bonchev–Trinajstić information content (AvgIpc) is 2.41. The van der Waals surface area contributed by atoms with Gasteiger partial charge in [-0.05, 0) is 39.9 Å². The van der Waals surface area contributed by atoms with Crippen LogP contribution in [-0.2, 0) is 4.74 Å². The van der Waals surface area contributed by atoms with Crippen molar-refractivity contribution in [3.05, 3.63) is 0 Å². The molecule has 0 atom stereocenters. The summed E-state index contributed by atoms with van der Waals surface area (Å²) < 4.78 is 5.43. The van der Waals surface area contributed by atoms with Crippen LogP contribution in [-0.4, -0.2) is 86.8 Å². The number of piperidine rings is 1. The molecule has 0 N–H and O–H groups in total. The highest BCUT2D eigenvalue weighted by molar-refractivity contribution is 4.82. The van der Waals surface area contributed by atoms with Crippen LogP contribution >= 0.6 is 0 Å². The number of nitrogens with zero attached hydrogens (tertiary/aromatic N) is 3. The fourth-order valence-electron chi connectivity index (χ4n) is 3.05. The second-order valence-electron chi connectivity index (χ2n) is 5.61. The predicted octanol–water partition coefficient (Wildman–Crippen LogP) is 0.735. The third kappa shape index (κ3) is 4.19. The maximum Gasteiger partial charge on any atom is 0.0593 e. The first-order chi connectivity index (χ1) is 8.79.